The lowest BCUT2D eigenvalue weighted by Gasteiger charge is -2.29. The van der Waals surface area contributed by atoms with Crippen molar-refractivity contribution in [3.8, 4) is 16.9 Å². The highest BCUT2D eigenvalue weighted by Crippen LogP contribution is 2.45. The van der Waals surface area contributed by atoms with E-state index in [9.17, 15) is 14.3 Å². The quantitative estimate of drug-likeness (QED) is 0.710. The van der Waals surface area contributed by atoms with Crippen molar-refractivity contribution in [2.75, 3.05) is 0 Å². The van der Waals surface area contributed by atoms with Crippen molar-refractivity contribution in [3.63, 3.8) is 0 Å². The molecule has 0 heterocycles. The number of hydrogen-bond donors (Lipinski definition) is 1. The van der Waals surface area contributed by atoms with Crippen LogP contribution in [0.1, 0.15) is 62.0 Å². The Hall–Kier alpha value is -2.36. The highest BCUT2D eigenvalue weighted by molar-refractivity contribution is 5.77. The average Bonchev–Trinajstić information content (AvgIpc) is 3.09. The summed E-state index contributed by atoms with van der Waals surface area (Å²) in [7, 11) is 0. The molecule has 0 aromatic heterocycles. The number of halogens is 1. The van der Waals surface area contributed by atoms with Gasteiger partial charge in [-0.05, 0) is 79.3 Å². The largest absolute Gasteiger partial charge is 0.490 e. The third-order valence-electron chi connectivity index (χ3n) is 5.85. The second kappa shape index (κ2) is 7.71. The fourth-order valence-corrected chi connectivity index (χ4v) is 4.24. The van der Waals surface area contributed by atoms with Crippen molar-refractivity contribution in [1.82, 2.24) is 0 Å². The van der Waals surface area contributed by atoms with E-state index >= 15 is 0 Å². The molecule has 0 unspecified atom stereocenters. The van der Waals surface area contributed by atoms with Crippen LogP contribution in [0.15, 0.2) is 36.4 Å². The number of carboxylic acids is 1. The monoisotopic (exact) mass is 368 g/mol. The van der Waals surface area contributed by atoms with Gasteiger partial charge in [0.1, 0.15) is 11.6 Å². The number of carboxylic acid groups (broad SMARTS) is 1. The van der Waals surface area contributed by atoms with Crippen LogP contribution >= 0.6 is 0 Å². The molecule has 0 atom stereocenters. The molecule has 4 rings (SSSR count). The van der Waals surface area contributed by atoms with E-state index in [2.05, 4.69) is 0 Å². The van der Waals surface area contributed by atoms with Gasteiger partial charge in [0.05, 0.1) is 12.5 Å². The summed E-state index contributed by atoms with van der Waals surface area (Å²) in [6.45, 7) is 0. The first-order chi connectivity index (χ1) is 13.1. The lowest BCUT2D eigenvalue weighted by atomic mass is 9.76. The van der Waals surface area contributed by atoms with Crippen LogP contribution in [0.3, 0.4) is 0 Å². The van der Waals surface area contributed by atoms with Gasteiger partial charge in [0.2, 0.25) is 0 Å². The Morgan fingerprint density at radius 1 is 1.04 bits per heavy atom. The summed E-state index contributed by atoms with van der Waals surface area (Å²) in [4.78, 5) is 11.2. The van der Waals surface area contributed by atoms with Gasteiger partial charge in [-0.1, -0.05) is 24.6 Å². The normalized spacial score (nSPS) is 17.7. The zero-order valence-corrected chi connectivity index (χ0v) is 15.4. The summed E-state index contributed by atoms with van der Waals surface area (Å²) < 4.78 is 21.0. The van der Waals surface area contributed by atoms with Gasteiger partial charge in [0, 0.05) is 5.56 Å². The Morgan fingerprint density at radius 2 is 1.81 bits per heavy atom. The summed E-state index contributed by atoms with van der Waals surface area (Å²) >= 11 is 0. The van der Waals surface area contributed by atoms with Crippen LogP contribution in [-0.4, -0.2) is 17.2 Å². The third kappa shape index (κ3) is 3.85. The van der Waals surface area contributed by atoms with E-state index in [1.807, 2.05) is 24.3 Å². The molecule has 0 saturated heterocycles. The molecule has 142 valence electrons. The topological polar surface area (TPSA) is 46.5 Å². The number of benzene rings is 2. The van der Waals surface area contributed by atoms with Crippen LogP contribution in [0.2, 0.25) is 0 Å². The minimum absolute atomic E-state index is 0.0508. The first-order valence-corrected chi connectivity index (χ1v) is 9.92. The number of hydrogen-bond acceptors (Lipinski definition) is 2. The Bertz CT molecular complexity index is 836. The van der Waals surface area contributed by atoms with Gasteiger partial charge in [-0.25, -0.2) is 4.39 Å². The summed E-state index contributed by atoms with van der Waals surface area (Å²) in [6.07, 6.45) is 7.69. The Morgan fingerprint density at radius 3 is 2.48 bits per heavy atom. The first kappa shape index (κ1) is 18.0. The van der Waals surface area contributed by atoms with Crippen LogP contribution in [0.25, 0.3) is 11.1 Å². The molecule has 2 aliphatic carbocycles. The lowest BCUT2D eigenvalue weighted by molar-refractivity contribution is -0.136. The summed E-state index contributed by atoms with van der Waals surface area (Å²) in [6, 6.07) is 10.7. The van der Waals surface area contributed by atoms with Gasteiger partial charge in [-0.3, -0.25) is 4.79 Å². The van der Waals surface area contributed by atoms with Gasteiger partial charge in [-0.15, -0.1) is 0 Å². The number of rotatable bonds is 6. The molecule has 2 aliphatic rings. The molecule has 0 radical (unpaired) electrons. The molecule has 2 aromatic carbocycles. The van der Waals surface area contributed by atoms with Crippen molar-refractivity contribution in [2.45, 2.75) is 63.4 Å². The minimum Gasteiger partial charge on any atom is -0.490 e. The zero-order valence-electron chi connectivity index (χ0n) is 15.4. The second-order valence-electron chi connectivity index (χ2n) is 7.75. The molecule has 2 aromatic rings. The minimum atomic E-state index is -0.871. The molecule has 0 aliphatic heterocycles. The van der Waals surface area contributed by atoms with Crippen molar-refractivity contribution in [3.05, 3.63) is 53.3 Å². The van der Waals surface area contributed by atoms with E-state index in [1.165, 1.54) is 18.9 Å². The Labute approximate surface area is 159 Å². The average molecular weight is 368 g/mol. The van der Waals surface area contributed by atoms with E-state index in [4.69, 9.17) is 4.74 Å². The standard InChI is InChI=1S/C23H25FO3/c24-20-10-4-9-18(23(20)16-5-3-6-16)19-13-15(14-22(25)26)11-12-21(19)27-17-7-1-2-8-17/h4,9-13,16-17H,1-3,5-8,14H2,(H,25,26). The molecular formula is C23H25FO3. The summed E-state index contributed by atoms with van der Waals surface area (Å²) in [5.41, 5.74) is 3.13. The van der Waals surface area contributed by atoms with Gasteiger partial charge in [0.25, 0.3) is 0 Å². The maximum atomic E-state index is 14.7. The molecular weight excluding hydrogens is 343 g/mol. The van der Waals surface area contributed by atoms with Gasteiger partial charge in [-0.2, -0.15) is 0 Å². The van der Waals surface area contributed by atoms with Crippen molar-refractivity contribution in [1.29, 1.82) is 0 Å². The SMILES string of the molecule is O=C(O)Cc1ccc(OC2CCCC2)c(-c2cccc(F)c2C2CCC2)c1. The molecule has 0 bridgehead atoms. The van der Waals surface area contributed by atoms with Crippen LogP contribution in [0.5, 0.6) is 5.75 Å². The van der Waals surface area contributed by atoms with E-state index in [1.54, 1.807) is 6.07 Å². The maximum absolute atomic E-state index is 14.7. The molecule has 2 saturated carbocycles. The van der Waals surface area contributed by atoms with Crippen molar-refractivity contribution < 1.29 is 19.0 Å². The summed E-state index contributed by atoms with van der Waals surface area (Å²) in [5, 5.41) is 9.17. The highest BCUT2D eigenvalue weighted by Gasteiger charge is 2.27. The van der Waals surface area contributed by atoms with Crippen molar-refractivity contribution in [2.24, 2.45) is 0 Å². The van der Waals surface area contributed by atoms with E-state index in [0.29, 0.717) is 5.56 Å². The molecule has 1 N–H and O–H groups in total. The van der Waals surface area contributed by atoms with Crippen LogP contribution in [-0.2, 0) is 11.2 Å². The maximum Gasteiger partial charge on any atom is 0.307 e. The van der Waals surface area contributed by atoms with E-state index in [-0.39, 0.29) is 24.3 Å². The molecule has 4 heteroatoms. The molecule has 0 amide bonds. The predicted octanol–water partition coefficient (Wildman–Crippen LogP) is 5.71. The van der Waals surface area contributed by atoms with E-state index < -0.39 is 5.97 Å². The fourth-order valence-electron chi connectivity index (χ4n) is 4.24. The number of aliphatic carboxylic acids is 1. The molecule has 0 spiro atoms. The Kier molecular flexibility index (Phi) is 5.15. The highest BCUT2D eigenvalue weighted by atomic mass is 19.1. The fraction of sp³-hybridized carbons (Fsp3) is 0.435. The van der Waals surface area contributed by atoms with Crippen LogP contribution in [0.4, 0.5) is 4.39 Å². The second-order valence-corrected chi connectivity index (χ2v) is 7.75. The van der Waals surface area contributed by atoms with Gasteiger partial charge < -0.3 is 9.84 Å². The Balaban J connectivity index is 1.79. The van der Waals surface area contributed by atoms with Crippen LogP contribution in [0, 0.1) is 5.82 Å². The van der Waals surface area contributed by atoms with Crippen LogP contribution < -0.4 is 4.74 Å². The smallest absolute Gasteiger partial charge is 0.307 e. The molecule has 3 nitrogen and oxygen atoms in total. The lowest BCUT2D eigenvalue weighted by Crippen LogP contribution is -2.14. The molecule has 2 fully saturated rings. The number of ether oxygens (including phenoxy) is 1. The van der Waals surface area contributed by atoms with E-state index in [0.717, 1.165) is 54.5 Å². The first-order valence-electron chi connectivity index (χ1n) is 9.92. The zero-order chi connectivity index (χ0) is 18.8. The van der Waals surface area contributed by atoms with Crippen molar-refractivity contribution >= 4 is 5.97 Å². The number of carbonyl (C=O) groups is 1. The van der Waals surface area contributed by atoms with Gasteiger partial charge in [0.15, 0.2) is 0 Å². The van der Waals surface area contributed by atoms with Gasteiger partial charge >= 0.3 is 5.97 Å². The molecule has 27 heavy (non-hydrogen) atoms. The predicted molar refractivity (Wildman–Crippen MR) is 103 cm³/mol. The third-order valence-corrected chi connectivity index (χ3v) is 5.85. The summed E-state index contributed by atoms with van der Waals surface area (Å²) in [5.74, 6) is -0.0672.